The van der Waals surface area contributed by atoms with Crippen molar-refractivity contribution in [1.82, 2.24) is 0 Å². The van der Waals surface area contributed by atoms with Crippen LogP contribution in [0.4, 0.5) is 0 Å². The Hall–Kier alpha value is -0.900. The minimum atomic E-state index is -1.72. The van der Waals surface area contributed by atoms with Crippen LogP contribution in [0.5, 0.6) is 0 Å². The van der Waals surface area contributed by atoms with Crippen LogP contribution < -0.4 is 0 Å². The Bertz CT molecular complexity index is 1640. The highest BCUT2D eigenvalue weighted by Crippen LogP contribution is 2.76. The maximum Gasteiger partial charge on any atom is 0.187 e. The van der Waals surface area contributed by atoms with E-state index < -0.39 is 110 Å². The number of aliphatic hydroxyl groups excluding tert-OH is 10. The van der Waals surface area contributed by atoms with Gasteiger partial charge in [-0.3, -0.25) is 0 Å². The third-order valence-corrected chi connectivity index (χ3v) is 18.7. The summed E-state index contributed by atoms with van der Waals surface area (Å²) in [6.07, 6.45) is -10.4. The van der Waals surface area contributed by atoms with Gasteiger partial charge in [0.2, 0.25) is 0 Å². The van der Waals surface area contributed by atoms with E-state index in [9.17, 15) is 51.1 Å². The molecule has 22 atom stereocenters. The molecule has 0 amide bonds. The molecule has 0 spiro atoms. The van der Waals surface area contributed by atoms with Crippen molar-refractivity contribution in [1.29, 1.82) is 0 Å². The van der Waals surface area contributed by atoms with Crippen molar-refractivity contribution in [2.24, 2.45) is 50.2 Å². The van der Waals surface area contributed by atoms with Gasteiger partial charge in [0.25, 0.3) is 0 Å². The fourth-order valence-electron chi connectivity index (χ4n) is 14.7. The van der Waals surface area contributed by atoms with E-state index >= 15 is 0 Å². The van der Waals surface area contributed by atoms with Crippen molar-refractivity contribution in [3.05, 3.63) is 11.6 Å². The molecule has 7 fully saturated rings. The molecule has 16 nitrogen and oxygen atoms in total. The van der Waals surface area contributed by atoms with Gasteiger partial charge in [0, 0.05) is 5.41 Å². The minimum absolute atomic E-state index is 0.00196. The summed E-state index contributed by atoms with van der Waals surface area (Å²) in [6, 6.07) is 0. The Morgan fingerprint density at radius 2 is 1.29 bits per heavy atom. The zero-order valence-corrected chi connectivity index (χ0v) is 37.6. The molecule has 8 rings (SSSR count). The van der Waals surface area contributed by atoms with E-state index in [0.29, 0.717) is 18.8 Å². The highest BCUT2D eigenvalue weighted by Gasteiger charge is 2.70. The molecule has 0 aromatic heterocycles. The minimum Gasteiger partial charge on any atom is -0.396 e. The second-order valence-corrected chi connectivity index (χ2v) is 22.7. The topological polar surface area (TPSA) is 258 Å². The fourth-order valence-corrected chi connectivity index (χ4v) is 14.7. The number of allylic oxidation sites excluding steroid dienone is 2. The molecule has 0 bridgehead atoms. The third kappa shape index (κ3) is 7.32. The first-order chi connectivity index (χ1) is 29.0. The molecule has 5 aliphatic carbocycles. The highest BCUT2D eigenvalue weighted by molar-refractivity contribution is 5.35. The molecular weight excluding hydrogens is 808 g/mol. The lowest BCUT2D eigenvalue weighted by molar-refractivity contribution is -0.377. The van der Waals surface area contributed by atoms with Crippen molar-refractivity contribution in [2.75, 3.05) is 26.4 Å². The smallest absolute Gasteiger partial charge is 0.187 e. The third-order valence-electron chi connectivity index (χ3n) is 18.7. The van der Waals surface area contributed by atoms with Gasteiger partial charge in [-0.1, -0.05) is 60.1 Å². The van der Waals surface area contributed by atoms with Gasteiger partial charge < -0.3 is 79.5 Å². The normalized spacial score (nSPS) is 54.9. The second-order valence-electron chi connectivity index (χ2n) is 22.7. The summed E-state index contributed by atoms with van der Waals surface area (Å²) in [5.74, 6) is 0.708. The maximum absolute atomic E-state index is 12.1. The first kappa shape index (κ1) is 47.6. The van der Waals surface area contributed by atoms with Gasteiger partial charge in [0.1, 0.15) is 61.0 Å². The van der Waals surface area contributed by atoms with Gasteiger partial charge in [0.05, 0.1) is 38.6 Å². The summed E-state index contributed by atoms with van der Waals surface area (Å²) < 4.78 is 35.6. The van der Waals surface area contributed by atoms with Crippen molar-refractivity contribution in [2.45, 2.75) is 198 Å². The fraction of sp³-hybridized carbons (Fsp3) is 0.957. The monoisotopic (exact) mass is 885 g/mol. The molecule has 0 unspecified atom stereocenters. The SMILES string of the molecule is CC1(C)CC[C@]2(CO)[C@H](O)C[C@]3(C)C(=CC[C@@H]4[C@@]5(C)CC[C@H](O[C@@H]6O[C@H](CO)[C@@H](O[C@@H]7OC[C@H](O)[C@H](O)[C@H]7O[C@@H]7OC[C@H](O)[C@H](O)[C@H]7O)[C@H](O)[C@H]6O)C(C)(C)[C@@H]5CC[C@]43C)[C@@H]2C1. The van der Waals surface area contributed by atoms with Crippen LogP contribution in [-0.4, -0.2) is 170 Å². The molecule has 0 aromatic rings. The predicted octanol–water partition coefficient (Wildman–Crippen LogP) is 0.863. The molecule has 356 valence electrons. The van der Waals surface area contributed by atoms with Gasteiger partial charge in [0.15, 0.2) is 18.9 Å². The molecule has 3 heterocycles. The maximum atomic E-state index is 12.1. The molecular formula is C46H76O16. The predicted molar refractivity (Wildman–Crippen MR) is 219 cm³/mol. The first-order valence-electron chi connectivity index (χ1n) is 23.2. The molecule has 0 aromatic carbocycles. The van der Waals surface area contributed by atoms with E-state index in [0.717, 1.165) is 44.9 Å². The Morgan fingerprint density at radius 1 is 0.645 bits per heavy atom. The molecule has 3 aliphatic heterocycles. The highest BCUT2D eigenvalue weighted by atomic mass is 16.8. The number of hydrogen-bond acceptors (Lipinski definition) is 16. The lowest BCUT2D eigenvalue weighted by Crippen LogP contribution is -2.67. The number of aliphatic hydroxyl groups is 10. The van der Waals surface area contributed by atoms with Gasteiger partial charge in [-0.2, -0.15) is 0 Å². The van der Waals surface area contributed by atoms with Crippen LogP contribution in [0.3, 0.4) is 0 Å². The first-order valence-corrected chi connectivity index (χ1v) is 23.2. The van der Waals surface area contributed by atoms with Crippen molar-refractivity contribution in [3.8, 4) is 0 Å². The van der Waals surface area contributed by atoms with Crippen LogP contribution in [0.15, 0.2) is 11.6 Å². The van der Waals surface area contributed by atoms with Crippen LogP contribution in [0.1, 0.15) is 106 Å². The van der Waals surface area contributed by atoms with E-state index in [4.69, 9.17) is 28.4 Å². The van der Waals surface area contributed by atoms with Crippen LogP contribution in [0.25, 0.3) is 0 Å². The number of rotatable bonds is 8. The van der Waals surface area contributed by atoms with E-state index in [-0.39, 0.29) is 52.8 Å². The van der Waals surface area contributed by atoms with Crippen LogP contribution in [0, 0.1) is 50.2 Å². The molecule has 8 aliphatic rings. The molecule has 3 saturated heterocycles. The van der Waals surface area contributed by atoms with E-state index in [1.54, 1.807) is 0 Å². The molecule has 4 saturated carbocycles. The van der Waals surface area contributed by atoms with Crippen molar-refractivity contribution >= 4 is 0 Å². The van der Waals surface area contributed by atoms with Crippen molar-refractivity contribution in [3.63, 3.8) is 0 Å². The Balaban J connectivity index is 0.972. The number of ether oxygens (including phenoxy) is 6. The second kappa shape index (κ2) is 16.7. The Kier molecular flexibility index (Phi) is 12.8. The average Bonchev–Trinajstić information content (AvgIpc) is 3.21. The summed E-state index contributed by atoms with van der Waals surface area (Å²) in [6.45, 7) is 14.9. The quantitative estimate of drug-likeness (QED) is 0.120. The molecule has 62 heavy (non-hydrogen) atoms. The summed E-state index contributed by atoms with van der Waals surface area (Å²) in [5, 5.41) is 108. The Labute approximate surface area is 365 Å². The standard InChI is InChI=1S/C46H76O16/c1-41(2)14-15-46(21-48)23(16-41)22-8-9-28-43(5)12-11-30(42(3,4)27(43)10-13-44(28,6)45(22,7)17-29(46)51)60-39-35(56)33(54)36(26(18-47)59-39)61-40-37(32(53)25(50)20-58-40)62-38-34(55)31(52)24(49)19-57-38/h8,23-40,47-56H,9-21H2,1-7H3/t23-,24-,25-,26+,27-,28+,29+,30-,31-,32-,33+,34+,35+,36+,37+,38-,39-,40-,43-,44+,45+,46+/m0/s1. The summed E-state index contributed by atoms with van der Waals surface area (Å²) in [4.78, 5) is 0. The van der Waals surface area contributed by atoms with Gasteiger partial charge in [-0.15, -0.1) is 0 Å². The van der Waals surface area contributed by atoms with Gasteiger partial charge >= 0.3 is 0 Å². The molecule has 16 heteroatoms. The summed E-state index contributed by atoms with van der Waals surface area (Å²) in [5.41, 5.74) is 0.306. The zero-order valence-electron chi connectivity index (χ0n) is 37.6. The lowest BCUT2D eigenvalue weighted by Gasteiger charge is -2.72. The number of fused-ring (bicyclic) bond motifs is 7. The Morgan fingerprint density at radius 3 is 1.97 bits per heavy atom. The van der Waals surface area contributed by atoms with E-state index in [1.807, 2.05) is 0 Å². The number of hydrogen-bond donors (Lipinski definition) is 10. The molecule has 10 N–H and O–H groups in total. The van der Waals surface area contributed by atoms with Gasteiger partial charge in [-0.25, -0.2) is 0 Å². The lowest BCUT2D eigenvalue weighted by atomic mass is 9.33. The summed E-state index contributed by atoms with van der Waals surface area (Å²) in [7, 11) is 0. The average molecular weight is 885 g/mol. The summed E-state index contributed by atoms with van der Waals surface area (Å²) >= 11 is 0. The molecule has 0 radical (unpaired) electrons. The van der Waals surface area contributed by atoms with Crippen LogP contribution >= 0.6 is 0 Å². The largest absolute Gasteiger partial charge is 0.396 e. The zero-order chi connectivity index (χ0) is 45.1. The van der Waals surface area contributed by atoms with Gasteiger partial charge in [-0.05, 0) is 103 Å². The van der Waals surface area contributed by atoms with Crippen LogP contribution in [0.2, 0.25) is 0 Å². The van der Waals surface area contributed by atoms with E-state index in [1.165, 1.54) is 5.57 Å². The van der Waals surface area contributed by atoms with E-state index in [2.05, 4.69) is 54.5 Å². The van der Waals surface area contributed by atoms with Crippen LogP contribution in [-0.2, 0) is 28.4 Å². The van der Waals surface area contributed by atoms with Crippen molar-refractivity contribution < 1.29 is 79.5 Å².